The van der Waals surface area contributed by atoms with Crippen molar-refractivity contribution in [2.75, 3.05) is 25.4 Å². The van der Waals surface area contributed by atoms with Gasteiger partial charge in [0.2, 0.25) is 10.0 Å². The molecule has 0 bridgehead atoms. The third-order valence-corrected chi connectivity index (χ3v) is 5.68. The molecule has 1 heterocycles. The van der Waals surface area contributed by atoms with Crippen molar-refractivity contribution in [3.05, 3.63) is 48.6 Å². The summed E-state index contributed by atoms with van der Waals surface area (Å²) in [5, 5.41) is 9.54. The van der Waals surface area contributed by atoms with Crippen LogP contribution in [0.1, 0.15) is 18.4 Å². The Hall–Kier alpha value is -1.21. The highest BCUT2D eigenvalue weighted by Crippen LogP contribution is 2.20. The summed E-state index contributed by atoms with van der Waals surface area (Å²) in [4.78, 5) is 2.24. The molecule has 1 aromatic rings. The van der Waals surface area contributed by atoms with Crippen molar-refractivity contribution in [3.8, 4) is 0 Å². The van der Waals surface area contributed by atoms with E-state index in [1.165, 1.54) is 5.56 Å². The number of aliphatic hydroxyl groups is 1. The first-order valence-corrected chi connectivity index (χ1v) is 9.67. The number of likely N-dealkylation sites (tertiary alicyclic amines) is 1. The fraction of sp³-hybridized carbons (Fsp3) is 0.529. The van der Waals surface area contributed by atoms with Crippen LogP contribution in [0, 0.1) is 5.92 Å². The molecular weight excluding hydrogens is 312 g/mol. The zero-order chi connectivity index (χ0) is 16.7. The van der Waals surface area contributed by atoms with Crippen molar-refractivity contribution in [2.24, 2.45) is 5.92 Å². The maximum atomic E-state index is 12.1. The summed E-state index contributed by atoms with van der Waals surface area (Å²) in [6.07, 6.45) is 2.82. The van der Waals surface area contributed by atoms with Gasteiger partial charge in [-0.2, -0.15) is 0 Å². The monoisotopic (exact) mass is 338 g/mol. The molecule has 1 saturated heterocycles. The molecule has 0 saturated carbocycles. The van der Waals surface area contributed by atoms with Crippen LogP contribution in [-0.4, -0.2) is 49.9 Å². The fourth-order valence-corrected chi connectivity index (χ4v) is 4.26. The number of allylic oxidation sites excluding steroid dienone is 1. The normalized spacial score (nSPS) is 22.8. The predicted octanol–water partition coefficient (Wildman–Crippen LogP) is 1.36. The average Bonchev–Trinajstić information content (AvgIpc) is 2.54. The van der Waals surface area contributed by atoms with Gasteiger partial charge in [-0.15, -0.1) is 6.58 Å². The molecule has 0 aromatic heterocycles. The van der Waals surface area contributed by atoms with Crippen LogP contribution in [0.4, 0.5) is 0 Å². The Morgan fingerprint density at radius 3 is 2.74 bits per heavy atom. The quantitative estimate of drug-likeness (QED) is 0.702. The van der Waals surface area contributed by atoms with Crippen molar-refractivity contribution < 1.29 is 13.5 Å². The molecule has 1 aliphatic rings. The molecule has 1 fully saturated rings. The number of hydrogen-bond acceptors (Lipinski definition) is 4. The Balaban J connectivity index is 1.99. The van der Waals surface area contributed by atoms with E-state index >= 15 is 0 Å². The standard InChI is InChI=1S/C17H26N2O3S/c1-2-3-11-23(21,22)18-17-13-19(10-9-16(17)14-20)12-15-7-5-4-6-8-15/h2,4-8,16-18,20H,1,3,9-14H2. The third-order valence-electron chi connectivity index (χ3n) is 4.25. The first kappa shape index (κ1) is 18.1. The number of benzene rings is 1. The van der Waals surface area contributed by atoms with Crippen LogP contribution in [0.3, 0.4) is 0 Å². The molecule has 128 valence electrons. The molecule has 23 heavy (non-hydrogen) atoms. The smallest absolute Gasteiger partial charge is 0.212 e. The summed E-state index contributed by atoms with van der Waals surface area (Å²) in [5.74, 6) is 0.0182. The number of sulfonamides is 1. The SMILES string of the molecule is C=CCCS(=O)(=O)NC1CN(Cc2ccccc2)CCC1CO. The van der Waals surface area contributed by atoms with Crippen LogP contribution in [0.5, 0.6) is 0 Å². The Morgan fingerprint density at radius 2 is 2.09 bits per heavy atom. The molecule has 2 unspecified atom stereocenters. The van der Waals surface area contributed by atoms with Gasteiger partial charge in [-0.3, -0.25) is 4.90 Å². The summed E-state index contributed by atoms with van der Waals surface area (Å²) in [5.41, 5.74) is 1.21. The van der Waals surface area contributed by atoms with Gasteiger partial charge in [-0.1, -0.05) is 36.4 Å². The lowest BCUT2D eigenvalue weighted by Crippen LogP contribution is -2.53. The fourth-order valence-electron chi connectivity index (χ4n) is 2.93. The van der Waals surface area contributed by atoms with Gasteiger partial charge >= 0.3 is 0 Å². The van der Waals surface area contributed by atoms with Gasteiger partial charge in [-0.05, 0) is 24.9 Å². The Kier molecular flexibility index (Phi) is 6.77. The summed E-state index contributed by atoms with van der Waals surface area (Å²) in [6, 6.07) is 9.89. The van der Waals surface area contributed by atoms with E-state index in [-0.39, 0.29) is 24.3 Å². The molecule has 0 aliphatic carbocycles. The van der Waals surface area contributed by atoms with E-state index in [0.29, 0.717) is 13.0 Å². The zero-order valence-corrected chi connectivity index (χ0v) is 14.2. The summed E-state index contributed by atoms with van der Waals surface area (Å²) < 4.78 is 27.0. The van der Waals surface area contributed by atoms with E-state index in [9.17, 15) is 13.5 Å². The molecule has 0 amide bonds. The van der Waals surface area contributed by atoms with E-state index in [1.54, 1.807) is 6.08 Å². The Bertz CT molecular complexity index is 589. The topological polar surface area (TPSA) is 69.6 Å². The molecule has 5 nitrogen and oxygen atoms in total. The van der Waals surface area contributed by atoms with Crippen LogP contribution in [0.15, 0.2) is 43.0 Å². The highest BCUT2D eigenvalue weighted by molar-refractivity contribution is 7.89. The first-order chi connectivity index (χ1) is 11.0. The van der Waals surface area contributed by atoms with E-state index in [1.807, 2.05) is 18.2 Å². The van der Waals surface area contributed by atoms with Gasteiger partial charge in [0.15, 0.2) is 0 Å². The van der Waals surface area contributed by atoms with Gasteiger partial charge in [0.25, 0.3) is 0 Å². The lowest BCUT2D eigenvalue weighted by atomic mass is 9.93. The van der Waals surface area contributed by atoms with Crippen LogP contribution in [0.2, 0.25) is 0 Å². The largest absolute Gasteiger partial charge is 0.396 e. The number of hydrogen-bond donors (Lipinski definition) is 2. The van der Waals surface area contributed by atoms with E-state index < -0.39 is 10.0 Å². The number of piperidine rings is 1. The number of aliphatic hydroxyl groups excluding tert-OH is 1. The molecule has 2 N–H and O–H groups in total. The Labute approximate surface area is 139 Å². The molecular formula is C17H26N2O3S. The minimum atomic E-state index is -3.34. The second-order valence-corrected chi connectivity index (χ2v) is 7.95. The summed E-state index contributed by atoms with van der Waals surface area (Å²) >= 11 is 0. The molecule has 0 spiro atoms. The van der Waals surface area contributed by atoms with E-state index in [4.69, 9.17) is 0 Å². The van der Waals surface area contributed by atoms with Gasteiger partial charge in [0, 0.05) is 31.7 Å². The molecule has 1 aromatic carbocycles. The van der Waals surface area contributed by atoms with Crippen molar-refractivity contribution in [2.45, 2.75) is 25.4 Å². The van der Waals surface area contributed by atoms with Crippen molar-refractivity contribution in [1.82, 2.24) is 9.62 Å². The molecule has 2 rings (SSSR count). The predicted molar refractivity (Wildman–Crippen MR) is 92.4 cm³/mol. The highest BCUT2D eigenvalue weighted by Gasteiger charge is 2.31. The second kappa shape index (κ2) is 8.59. The van der Waals surface area contributed by atoms with Gasteiger partial charge in [-0.25, -0.2) is 13.1 Å². The van der Waals surface area contributed by atoms with Gasteiger partial charge < -0.3 is 5.11 Å². The number of nitrogens with zero attached hydrogens (tertiary/aromatic N) is 1. The van der Waals surface area contributed by atoms with Crippen molar-refractivity contribution >= 4 is 10.0 Å². The maximum Gasteiger partial charge on any atom is 0.212 e. The van der Waals surface area contributed by atoms with E-state index in [0.717, 1.165) is 19.5 Å². The van der Waals surface area contributed by atoms with Crippen molar-refractivity contribution in [3.63, 3.8) is 0 Å². The lowest BCUT2D eigenvalue weighted by Gasteiger charge is -2.38. The maximum absolute atomic E-state index is 12.1. The zero-order valence-electron chi connectivity index (χ0n) is 13.4. The second-order valence-electron chi connectivity index (χ2n) is 6.07. The van der Waals surface area contributed by atoms with Gasteiger partial charge in [0.05, 0.1) is 5.75 Å². The van der Waals surface area contributed by atoms with Crippen molar-refractivity contribution in [1.29, 1.82) is 0 Å². The minimum absolute atomic E-state index is 0.00776. The lowest BCUT2D eigenvalue weighted by molar-refractivity contribution is 0.101. The number of nitrogens with one attached hydrogen (secondary N) is 1. The molecule has 0 radical (unpaired) electrons. The average molecular weight is 338 g/mol. The minimum Gasteiger partial charge on any atom is -0.396 e. The van der Waals surface area contributed by atoms with Crippen LogP contribution >= 0.6 is 0 Å². The van der Waals surface area contributed by atoms with Crippen LogP contribution < -0.4 is 4.72 Å². The third kappa shape index (κ3) is 5.73. The highest BCUT2D eigenvalue weighted by atomic mass is 32.2. The van der Waals surface area contributed by atoms with Gasteiger partial charge in [0.1, 0.15) is 0 Å². The number of rotatable bonds is 8. The summed E-state index contributed by atoms with van der Waals surface area (Å²) in [7, 11) is -3.34. The first-order valence-electron chi connectivity index (χ1n) is 8.02. The van der Waals surface area contributed by atoms with Crippen LogP contribution in [0.25, 0.3) is 0 Å². The Morgan fingerprint density at radius 1 is 1.35 bits per heavy atom. The molecule has 1 aliphatic heterocycles. The van der Waals surface area contributed by atoms with Crippen LogP contribution in [-0.2, 0) is 16.6 Å². The summed E-state index contributed by atoms with van der Waals surface area (Å²) in [6.45, 7) is 5.85. The molecule has 6 heteroatoms. The molecule has 2 atom stereocenters. The van der Waals surface area contributed by atoms with E-state index in [2.05, 4.69) is 28.3 Å².